The predicted molar refractivity (Wildman–Crippen MR) is 58.9 cm³/mol. The molecule has 0 heterocycles. The van der Waals surface area contributed by atoms with Crippen molar-refractivity contribution in [2.45, 2.75) is 4.90 Å². The molecule has 6 heteroatoms. The van der Waals surface area contributed by atoms with Crippen LogP contribution in [0.5, 0.6) is 0 Å². The summed E-state index contributed by atoms with van der Waals surface area (Å²) in [5, 5.41) is 0. The van der Waals surface area contributed by atoms with Gasteiger partial charge in [-0.2, -0.15) is 0 Å². The van der Waals surface area contributed by atoms with Gasteiger partial charge in [-0.05, 0) is 6.07 Å². The first-order valence-electron chi connectivity index (χ1n) is 4.33. The van der Waals surface area contributed by atoms with E-state index in [9.17, 15) is 8.42 Å². The summed E-state index contributed by atoms with van der Waals surface area (Å²) in [4.78, 5) is 0.313. The monoisotopic (exact) mass is 212 g/mol. The zero-order valence-corrected chi connectivity index (χ0v) is 8.84. The molecule has 4 nitrogen and oxygen atoms in total. The second-order valence-corrected chi connectivity index (χ2v) is 4.69. The smallest absolute Gasteiger partial charge is 0.240 e. The van der Waals surface area contributed by atoms with Crippen LogP contribution in [0, 0.1) is 0 Å². The van der Waals surface area contributed by atoms with Gasteiger partial charge in [0.15, 0.2) is 0 Å². The summed E-state index contributed by atoms with van der Waals surface area (Å²) in [5.41, 5.74) is 5.96. The fourth-order valence-electron chi connectivity index (χ4n) is 1.13. The third kappa shape index (κ3) is 2.57. The molecule has 14 heavy (non-hydrogen) atoms. The molecule has 0 amide bonds. The molecule has 0 spiro atoms. The predicted octanol–water partition coefficient (Wildman–Crippen LogP) is -1.82. The number of hydrogen-bond donors (Lipinski definition) is 2. The molecule has 3 N–H and O–H groups in total. The van der Waals surface area contributed by atoms with Gasteiger partial charge in [-0.15, -0.1) is 0 Å². The molecule has 1 aromatic rings. The third-order valence-corrected chi connectivity index (χ3v) is 3.44. The molecule has 0 saturated carbocycles. The van der Waals surface area contributed by atoms with Crippen molar-refractivity contribution in [3.05, 3.63) is 24.3 Å². The molecule has 0 saturated heterocycles. The standard InChI is InChI=1S/C8H13BN2O2S/c9-7-3-1-2-4-8(7)14(12,13)11-6-5-10/h1-4,11H,5-6,9-10H2. The lowest BCUT2D eigenvalue weighted by Gasteiger charge is -2.07. The maximum Gasteiger partial charge on any atom is 0.240 e. The van der Waals surface area contributed by atoms with Crippen molar-refractivity contribution in [3.63, 3.8) is 0 Å². The van der Waals surface area contributed by atoms with E-state index in [-0.39, 0.29) is 6.54 Å². The van der Waals surface area contributed by atoms with Gasteiger partial charge in [0.25, 0.3) is 0 Å². The quantitative estimate of drug-likeness (QED) is 0.577. The minimum absolute atomic E-state index is 0.261. The Hall–Kier alpha value is -0.845. The average Bonchev–Trinajstić information content (AvgIpc) is 2.15. The van der Waals surface area contributed by atoms with Crippen LogP contribution in [0.1, 0.15) is 0 Å². The molecule has 0 unspecified atom stereocenters. The van der Waals surface area contributed by atoms with Crippen LogP contribution in [0.15, 0.2) is 29.2 Å². The van der Waals surface area contributed by atoms with Crippen molar-refractivity contribution in [2.75, 3.05) is 13.1 Å². The Balaban J connectivity index is 2.99. The van der Waals surface area contributed by atoms with Gasteiger partial charge in [-0.3, -0.25) is 0 Å². The van der Waals surface area contributed by atoms with Crippen molar-refractivity contribution in [2.24, 2.45) is 5.73 Å². The minimum Gasteiger partial charge on any atom is -0.329 e. The van der Waals surface area contributed by atoms with Gasteiger partial charge in [-0.25, -0.2) is 13.1 Å². The molecule has 0 aromatic heterocycles. The van der Waals surface area contributed by atoms with E-state index in [1.54, 1.807) is 32.1 Å². The molecular weight excluding hydrogens is 199 g/mol. The van der Waals surface area contributed by atoms with Gasteiger partial charge in [-0.1, -0.05) is 23.7 Å². The Labute approximate surface area is 85.0 Å². The van der Waals surface area contributed by atoms with E-state index in [0.717, 1.165) is 5.46 Å². The zero-order chi connectivity index (χ0) is 10.6. The van der Waals surface area contributed by atoms with E-state index in [2.05, 4.69) is 4.72 Å². The molecule has 0 radical (unpaired) electrons. The highest BCUT2D eigenvalue weighted by Gasteiger charge is 2.14. The summed E-state index contributed by atoms with van der Waals surface area (Å²) >= 11 is 0. The average molecular weight is 212 g/mol. The highest BCUT2D eigenvalue weighted by atomic mass is 32.2. The van der Waals surface area contributed by atoms with Crippen molar-refractivity contribution in [1.82, 2.24) is 4.72 Å². The molecule has 0 bridgehead atoms. The van der Waals surface area contributed by atoms with Crippen molar-refractivity contribution >= 4 is 23.3 Å². The van der Waals surface area contributed by atoms with Gasteiger partial charge < -0.3 is 5.73 Å². The summed E-state index contributed by atoms with van der Waals surface area (Å²) in [6.45, 7) is 0.557. The highest BCUT2D eigenvalue weighted by Crippen LogP contribution is 2.03. The molecule has 1 aromatic carbocycles. The lowest BCUT2D eigenvalue weighted by atomic mass is 9.97. The molecule has 0 fully saturated rings. The first kappa shape index (κ1) is 11.2. The fraction of sp³-hybridized carbons (Fsp3) is 0.250. The lowest BCUT2D eigenvalue weighted by molar-refractivity contribution is 0.583. The maximum atomic E-state index is 11.6. The van der Waals surface area contributed by atoms with Gasteiger partial charge in [0.05, 0.1) is 4.90 Å². The second-order valence-electron chi connectivity index (χ2n) is 2.95. The molecule has 0 aliphatic heterocycles. The van der Waals surface area contributed by atoms with Gasteiger partial charge >= 0.3 is 0 Å². The number of benzene rings is 1. The molecule has 0 atom stereocenters. The highest BCUT2D eigenvalue weighted by molar-refractivity contribution is 7.89. The molecular formula is C8H13BN2O2S. The Morgan fingerprint density at radius 2 is 2.00 bits per heavy atom. The van der Waals surface area contributed by atoms with Crippen LogP contribution < -0.4 is 15.9 Å². The van der Waals surface area contributed by atoms with Crippen LogP contribution in [0.4, 0.5) is 0 Å². The Morgan fingerprint density at radius 3 is 2.57 bits per heavy atom. The van der Waals surface area contributed by atoms with E-state index in [1.807, 2.05) is 0 Å². The minimum atomic E-state index is -3.38. The van der Waals surface area contributed by atoms with E-state index >= 15 is 0 Å². The topological polar surface area (TPSA) is 72.2 Å². The zero-order valence-electron chi connectivity index (χ0n) is 8.03. The van der Waals surface area contributed by atoms with Crippen molar-refractivity contribution < 1.29 is 8.42 Å². The van der Waals surface area contributed by atoms with Gasteiger partial charge in [0, 0.05) is 13.1 Å². The normalized spacial score (nSPS) is 11.5. The largest absolute Gasteiger partial charge is 0.329 e. The lowest BCUT2D eigenvalue weighted by Crippen LogP contribution is -2.32. The van der Waals surface area contributed by atoms with Crippen LogP contribution in [-0.4, -0.2) is 29.4 Å². The summed E-state index contributed by atoms with van der Waals surface area (Å²) in [6.07, 6.45) is 0. The van der Waals surface area contributed by atoms with E-state index in [0.29, 0.717) is 11.4 Å². The van der Waals surface area contributed by atoms with Gasteiger partial charge in [0.2, 0.25) is 10.0 Å². The van der Waals surface area contributed by atoms with Crippen molar-refractivity contribution in [3.8, 4) is 0 Å². The first-order chi connectivity index (χ1) is 6.58. The number of nitrogens with one attached hydrogen (secondary N) is 1. The Kier molecular flexibility index (Phi) is 3.68. The van der Waals surface area contributed by atoms with Crippen LogP contribution in [0.3, 0.4) is 0 Å². The van der Waals surface area contributed by atoms with E-state index < -0.39 is 10.0 Å². The van der Waals surface area contributed by atoms with Crippen LogP contribution >= 0.6 is 0 Å². The Morgan fingerprint density at radius 1 is 1.36 bits per heavy atom. The Bertz CT molecular complexity index is 406. The number of nitrogens with two attached hydrogens (primary N) is 1. The number of rotatable bonds is 4. The summed E-state index contributed by atoms with van der Waals surface area (Å²) in [6, 6.07) is 6.84. The summed E-state index contributed by atoms with van der Waals surface area (Å²) in [7, 11) is -1.62. The summed E-state index contributed by atoms with van der Waals surface area (Å²) < 4.78 is 25.7. The van der Waals surface area contributed by atoms with Crippen LogP contribution in [0.25, 0.3) is 0 Å². The first-order valence-corrected chi connectivity index (χ1v) is 5.81. The van der Waals surface area contributed by atoms with Crippen LogP contribution in [-0.2, 0) is 10.0 Å². The third-order valence-electron chi connectivity index (χ3n) is 1.82. The maximum absolute atomic E-state index is 11.6. The van der Waals surface area contributed by atoms with E-state index in [1.165, 1.54) is 0 Å². The molecule has 0 aliphatic rings. The number of hydrogen-bond acceptors (Lipinski definition) is 3. The van der Waals surface area contributed by atoms with E-state index in [4.69, 9.17) is 5.73 Å². The van der Waals surface area contributed by atoms with Crippen molar-refractivity contribution in [1.29, 1.82) is 0 Å². The van der Waals surface area contributed by atoms with Crippen LogP contribution in [0.2, 0.25) is 0 Å². The molecule has 76 valence electrons. The number of sulfonamides is 1. The molecule has 0 aliphatic carbocycles. The fourth-order valence-corrected chi connectivity index (χ4v) is 2.42. The second kappa shape index (κ2) is 4.59. The molecule has 1 rings (SSSR count). The summed E-state index contributed by atoms with van der Waals surface area (Å²) in [5.74, 6) is 0. The van der Waals surface area contributed by atoms with Gasteiger partial charge in [0.1, 0.15) is 7.85 Å². The SMILES string of the molecule is Bc1ccccc1S(=O)(=O)NCCN.